The second-order valence-electron chi connectivity index (χ2n) is 5.08. The predicted octanol–water partition coefficient (Wildman–Crippen LogP) is -1.06. The van der Waals surface area contributed by atoms with Gasteiger partial charge in [0.05, 0.1) is 0 Å². The first-order valence-electron chi connectivity index (χ1n) is 6.03. The number of nitrogens with one attached hydrogen (secondary N) is 2. The Balaban J connectivity index is 1.62. The van der Waals surface area contributed by atoms with Crippen LogP contribution in [0.2, 0.25) is 0 Å². The number of carbonyl (C=O) groups excluding carboxylic acids is 2. The summed E-state index contributed by atoms with van der Waals surface area (Å²) >= 11 is 0. The highest BCUT2D eigenvalue weighted by molar-refractivity contribution is 5.90. The van der Waals surface area contributed by atoms with E-state index in [1.807, 2.05) is 4.90 Å². The zero-order valence-electron chi connectivity index (χ0n) is 9.24. The summed E-state index contributed by atoms with van der Waals surface area (Å²) in [5.74, 6) is 1.39. The SMILES string of the molecule is O=C1CCC(C(=O)N2C[C@H]3CNC[C@H]3C2)N1. The van der Waals surface area contributed by atoms with E-state index in [-0.39, 0.29) is 17.9 Å². The Morgan fingerprint density at radius 3 is 2.50 bits per heavy atom. The van der Waals surface area contributed by atoms with E-state index < -0.39 is 0 Å². The average Bonchev–Trinajstić information content (AvgIpc) is 2.89. The molecule has 2 N–H and O–H groups in total. The minimum atomic E-state index is -0.251. The first kappa shape index (κ1) is 10.1. The van der Waals surface area contributed by atoms with Crippen LogP contribution < -0.4 is 10.6 Å². The van der Waals surface area contributed by atoms with Crippen LogP contribution in [-0.2, 0) is 9.59 Å². The van der Waals surface area contributed by atoms with Crippen molar-refractivity contribution in [2.24, 2.45) is 11.8 Å². The van der Waals surface area contributed by atoms with Gasteiger partial charge in [0.15, 0.2) is 0 Å². The molecular formula is C11H17N3O2. The minimum absolute atomic E-state index is 0.0133. The van der Waals surface area contributed by atoms with E-state index in [9.17, 15) is 9.59 Å². The molecule has 0 saturated carbocycles. The second kappa shape index (κ2) is 3.73. The first-order valence-corrected chi connectivity index (χ1v) is 6.03. The first-order chi connectivity index (χ1) is 7.74. The number of likely N-dealkylation sites (tertiary alicyclic amines) is 1. The third-order valence-electron chi connectivity index (χ3n) is 3.99. The standard InChI is InChI=1S/C11H17N3O2/c15-10-2-1-9(13-10)11(16)14-5-7-3-12-4-8(7)6-14/h7-9,12H,1-6H2,(H,13,15)/t7-,8+,9?. The number of nitrogens with zero attached hydrogens (tertiary/aromatic N) is 1. The van der Waals surface area contributed by atoms with Gasteiger partial charge in [-0.1, -0.05) is 0 Å². The van der Waals surface area contributed by atoms with E-state index in [2.05, 4.69) is 10.6 Å². The number of carbonyl (C=O) groups is 2. The maximum atomic E-state index is 12.1. The third-order valence-corrected chi connectivity index (χ3v) is 3.99. The van der Waals surface area contributed by atoms with Crippen molar-refractivity contribution < 1.29 is 9.59 Å². The van der Waals surface area contributed by atoms with Crippen LogP contribution in [0.25, 0.3) is 0 Å². The molecule has 3 saturated heterocycles. The Morgan fingerprint density at radius 1 is 1.25 bits per heavy atom. The van der Waals surface area contributed by atoms with Crippen LogP contribution >= 0.6 is 0 Å². The fraction of sp³-hybridized carbons (Fsp3) is 0.818. The zero-order chi connectivity index (χ0) is 11.1. The summed E-state index contributed by atoms with van der Waals surface area (Å²) < 4.78 is 0. The van der Waals surface area contributed by atoms with Crippen molar-refractivity contribution in [3.05, 3.63) is 0 Å². The van der Waals surface area contributed by atoms with Crippen molar-refractivity contribution in [2.45, 2.75) is 18.9 Å². The molecule has 0 bridgehead atoms. The van der Waals surface area contributed by atoms with Crippen LogP contribution in [0, 0.1) is 11.8 Å². The lowest BCUT2D eigenvalue weighted by Gasteiger charge is -2.21. The predicted molar refractivity (Wildman–Crippen MR) is 57.6 cm³/mol. The molecule has 1 unspecified atom stereocenters. The molecule has 16 heavy (non-hydrogen) atoms. The van der Waals surface area contributed by atoms with Crippen molar-refractivity contribution >= 4 is 11.8 Å². The van der Waals surface area contributed by atoms with Crippen LogP contribution in [0.1, 0.15) is 12.8 Å². The van der Waals surface area contributed by atoms with E-state index in [1.54, 1.807) is 0 Å². The minimum Gasteiger partial charge on any atom is -0.344 e. The lowest BCUT2D eigenvalue weighted by atomic mass is 10.0. The van der Waals surface area contributed by atoms with Crippen LogP contribution in [0.15, 0.2) is 0 Å². The van der Waals surface area contributed by atoms with Gasteiger partial charge in [-0.25, -0.2) is 0 Å². The van der Waals surface area contributed by atoms with E-state index in [1.165, 1.54) is 0 Å². The zero-order valence-corrected chi connectivity index (χ0v) is 9.24. The molecule has 0 aliphatic carbocycles. The van der Waals surface area contributed by atoms with E-state index in [0.29, 0.717) is 24.7 Å². The molecule has 0 spiro atoms. The molecule has 3 fully saturated rings. The maximum Gasteiger partial charge on any atom is 0.245 e. The van der Waals surface area contributed by atoms with Crippen molar-refractivity contribution in [1.29, 1.82) is 0 Å². The van der Waals surface area contributed by atoms with Gasteiger partial charge in [-0.15, -0.1) is 0 Å². The summed E-state index contributed by atoms with van der Waals surface area (Å²) in [4.78, 5) is 25.1. The molecule has 3 atom stereocenters. The Labute approximate surface area is 94.6 Å². The molecule has 3 aliphatic heterocycles. The van der Waals surface area contributed by atoms with Crippen LogP contribution in [0.5, 0.6) is 0 Å². The molecule has 3 aliphatic rings. The molecule has 88 valence electrons. The van der Waals surface area contributed by atoms with Gasteiger partial charge in [0.1, 0.15) is 6.04 Å². The number of rotatable bonds is 1. The normalized spacial score (nSPS) is 37.6. The molecule has 0 aromatic heterocycles. The molecule has 3 heterocycles. The van der Waals surface area contributed by atoms with Gasteiger partial charge in [-0.05, 0) is 18.3 Å². The molecule has 2 amide bonds. The number of fused-ring (bicyclic) bond motifs is 1. The second-order valence-corrected chi connectivity index (χ2v) is 5.08. The molecule has 0 aromatic carbocycles. The molecule has 5 heteroatoms. The maximum absolute atomic E-state index is 12.1. The fourth-order valence-corrected chi connectivity index (χ4v) is 3.06. The lowest BCUT2D eigenvalue weighted by Crippen LogP contribution is -2.44. The Bertz CT molecular complexity index is 319. The van der Waals surface area contributed by atoms with Crippen LogP contribution in [0.3, 0.4) is 0 Å². The molecule has 0 radical (unpaired) electrons. The molecule has 3 rings (SSSR count). The average molecular weight is 223 g/mol. The van der Waals surface area contributed by atoms with E-state index in [4.69, 9.17) is 0 Å². The van der Waals surface area contributed by atoms with Crippen LogP contribution in [0.4, 0.5) is 0 Å². The summed E-state index contributed by atoms with van der Waals surface area (Å²) in [5.41, 5.74) is 0. The summed E-state index contributed by atoms with van der Waals surface area (Å²) in [6, 6.07) is -0.251. The third kappa shape index (κ3) is 1.59. The quantitative estimate of drug-likeness (QED) is 0.596. The van der Waals surface area contributed by atoms with Gasteiger partial charge in [0.2, 0.25) is 11.8 Å². The van der Waals surface area contributed by atoms with E-state index >= 15 is 0 Å². The highest BCUT2D eigenvalue weighted by Gasteiger charge is 2.40. The number of hydrogen-bond acceptors (Lipinski definition) is 3. The van der Waals surface area contributed by atoms with Crippen molar-refractivity contribution in [3.63, 3.8) is 0 Å². The largest absolute Gasteiger partial charge is 0.344 e. The van der Waals surface area contributed by atoms with Gasteiger partial charge in [-0.2, -0.15) is 0 Å². The smallest absolute Gasteiger partial charge is 0.245 e. The van der Waals surface area contributed by atoms with Crippen molar-refractivity contribution in [3.8, 4) is 0 Å². The summed E-state index contributed by atoms with van der Waals surface area (Å²) in [6.45, 7) is 3.79. The van der Waals surface area contributed by atoms with Gasteiger partial charge in [0, 0.05) is 32.6 Å². The summed E-state index contributed by atoms with van der Waals surface area (Å²) in [5, 5.41) is 6.10. The van der Waals surface area contributed by atoms with Gasteiger partial charge >= 0.3 is 0 Å². The summed E-state index contributed by atoms with van der Waals surface area (Å²) in [6.07, 6.45) is 1.17. The molecule has 0 aromatic rings. The van der Waals surface area contributed by atoms with Gasteiger partial charge in [0.25, 0.3) is 0 Å². The monoisotopic (exact) mass is 223 g/mol. The van der Waals surface area contributed by atoms with Gasteiger partial charge in [-0.3, -0.25) is 9.59 Å². The van der Waals surface area contributed by atoms with Crippen LogP contribution in [-0.4, -0.2) is 48.9 Å². The lowest BCUT2D eigenvalue weighted by molar-refractivity contribution is -0.133. The number of amides is 2. The topological polar surface area (TPSA) is 61.4 Å². The van der Waals surface area contributed by atoms with E-state index in [0.717, 1.165) is 26.2 Å². The highest BCUT2D eigenvalue weighted by atomic mass is 16.2. The Kier molecular flexibility index (Phi) is 2.35. The Morgan fingerprint density at radius 2 is 1.94 bits per heavy atom. The fourth-order valence-electron chi connectivity index (χ4n) is 3.06. The number of hydrogen-bond donors (Lipinski definition) is 2. The molecule has 5 nitrogen and oxygen atoms in total. The van der Waals surface area contributed by atoms with Crippen molar-refractivity contribution in [1.82, 2.24) is 15.5 Å². The Hall–Kier alpha value is -1.10. The van der Waals surface area contributed by atoms with Gasteiger partial charge < -0.3 is 15.5 Å². The molecular weight excluding hydrogens is 206 g/mol. The highest BCUT2D eigenvalue weighted by Crippen LogP contribution is 2.27. The summed E-state index contributed by atoms with van der Waals surface area (Å²) in [7, 11) is 0. The van der Waals surface area contributed by atoms with Crippen molar-refractivity contribution in [2.75, 3.05) is 26.2 Å².